The van der Waals surface area contributed by atoms with Crippen molar-refractivity contribution < 1.29 is 14.5 Å². The molecule has 1 N–H and O–H groups in total. The average molecular weight is 309 g/mol. The number of nitrogens with one attached hydrogen (secondary N) is 1. The lowest BCUT2D eigenvalue weighted by Gasteiger charge is -2.08. The number of nitrogens with zero attached hydrogens (tertiary/aromatic N) is 2. The van der Waals surface area contributed by atoms with Crippen LogP contribution in [0.1, 0.15) is 0 Å². The number of pyridine rings is 1. The molecule has 0 bridgehead atoms. The standard InChI is InChI=1S/C16H11N3O4/c20-16(18-12-6-2-7-13(10-12)19(21)22)23-14-8-1-4-11-5-3-9-17-15(11)14/h1-10H,(H,18,20). The molecule has 2 aromatic carbocycles. The molecule has 0 radical (unpaired) electrons. The summed E-state index contributed by atoms with van der Waals surface area (Å²) >= 11 is 0. The number of fused-ring (bicyclic) bond motifs is 1. The minimum Gasteiger partial charge on any atom is -0.408 e. The Labute approximate surface area is 130 Å². The number of para-hydroxylation sites is 1. The fourth-order valence-electron chi connectivity index (χ4n) is 2.10. The van der Waals surface area contributed by atoms with Gasteiger partial charge in [-0.25, -0.2) is 4.79 Å². The molecule has 0 unspecified atom stereocenters. The molecule has 0 aliphatic carbocycles. The molecular formula is C16H11N3O4. The molecule has 7 nitrogen and oxygen atoms in total. The number of amides is 1. The van der Waals surface area contributed by atoms with Gasteiger partial charge >= 0.3 is 6.09 Å². The van der Waals surface area contributed by atoms with E-state index < -0.39 is 11.0 Å². The molecule has 1 aromatic heterocycles. The average Bonchev–Trinajstić information content (AvgIpc) is 2.55. The Morgan fingerprint density at radius 2 is 1.91 bits per heavy atom. The Kier molecular flexibility index (Phi) is 3.84. The summed E-state index contributed by atoms with van der Waals surface area (Å²) in [4.78, 5) is 26.4. The lowest BCUT2D eigenvalue weighted by molar-refractivity contribution is -0.384. The largest absolute Gasteiger partial charge is 0.417 e. The number of benzene rings is 2. The van der Waals surface area contributed by atoms with Crippen LogP contribution in [0.5, 0.6) is 5.75 Å². The molecule has 1 heterocycles. The first-order valence-corrected chi connectivity index (χ1v) is 6.70. The van der Waals surface area contributed by atoms with Crippen LogP contribution in [0.3, 0.4) is 0 Å². The van der Waals surface area contributed by atoms with Crippen molar-refractivity contribution in [1.82, 2.24) is 4.98 Å². The lowest BCUT2D eigenvalue weighted by atomic mass is 10.2. The van der Waals surface area contributed by atoms with Crippen LogP contribution in [-0.2, 0) is 0 Å². The molecule has 0 atom stereocenters. The van der Waals surface area contributed by atoms with Gasteiger partial charge in [-0.15, -0.1) is 0 Å². The summed E-state index contributed by atoms with van der Waals surface area (Å²) in [5.41, 5.74) is 0.719. The number of aromatic nitrogens is 1. The molecule has 0 fully saturated rings. The van der Waals surface area contributed by atoms with E-state index in [2.05, 4.69) is 10.3 Å². The van der Waals surface area contributed by atoms with E-state index in [0.29, 0.717) is 11.3 Å². The molecule has 0 spiro atoms. The van der Waals surface area contributed by atoms with E-state index in [1.165, 1.54) is 24.3 Å². The third-order valence-corrected chi connectivity index (χ3v) is 3.10. The number of hydrogen-bond acceptors (Lipinski definition) is 5. The van der Waals surface area contributed by atoms with E-state index in [0.717, 1.165) is 5.39 Å². The number of hydrogen-bond donors (Lipinski definition) is 1. The van der Waals surface area contributed by atoms with Crippen LogP contribution in [0.15, 0.2) is 60.8 Å². The second-order valence-corrected chi connectivity index (χ2v) is 4.65. The molecule has 0 aliphatic rings. The Morgan fingerprint density at radius 3 is 2.74 bits per heavy atom. The zero-order chi connectivity index (χ0) is 16.2. The first kappa shape index (κ1) is 14.5. The highest BCUT2D eigenvalue weighted by Gasteiger charge is 2.11. The summed E-state index contributed by atoms with van der Waals surface area (Å²) < 4.78 is 5.25. The molecule has 23 heavy (non-hydrogen) atoms. The van der Waals surface area contributed by atoms with Crippen molar-refractivity contribution in [3.8, 4) is 5.75 Å². The normalized spacial score (nSPS) is 10.3. The van der Waals surface area contributed by atoms with Crippen molar-refractivity contribution in [3.05, 3.63) is 70.9 Å². The van der Waals surface area contributed by atoms with Crippen molar-refractivity contribution in [2.45, 2.75) is 0 Å². The van der Waals surface area contributed by atoms with Gasteiger partial charge in [0.15, 0.2) is 5.75 Å². The Balaban J connectivity index is 1.79. The molecule has 3 rings (SSSR count). The van der Waals surface area contributed by atoms with Crippen LogP contribution >= 0.6 is 0 Å². The number of non-ortho nitro benzene ring substituents is 1. The van der Waals surface area contributed by atoms with Crippen molar-refractivity contribution in [2.24, 2.45) is 0 Å². The van der Waals surface area contributed by atoms with Gasteiger partial charge in [-0.1, -0.05) is 24.3 Å². The Bertz CT molecular complexity index is 890. The maximum atomic E-state index is 12.0. The van der Waals surface area contributed by atoms with Gasteiger partial charge in [-0.3, -0.25) is 20.4 Å². The summed E-state index contributed by atoms with van der Waals surface area (Å²) in [6.45, 7) is 0. The zero-order valence-corrected chi connectivity index (χ0v) is 11.8. The third-order valence-electron chi connectivity index (χ3n) is 3.10. The van der Waals surface area contributed by atoms with Gasteiger partial charge in [-0.05, 0) is 18.2 Å². The summed E-state index contributed by atoms with van der Waals surface area (Å²) in [7, 11) is 0. The smallest absolute Gasteiger partial charge is 0.408 e. The lowest BCUT2D eigenvalue weighted by Crippen LogP contribution is -2.17. The minimum absolute atomic E-state index is 0.116. The number of carbonyl (C=O) groups excluding carboxylic acids is 1. The second-order valence-electron chi connectivity index (χ2n) is 4.65. The number of nitro groups is 1. The van der Waals surface area contributed by atoms with E-state index in [1.54, 1.807) is 24.4 Å². The molecule has 114 valence electrons. The topological polar surface area (TPSA) is 94.4 Å². The number of rotatable bonds is 3. The van der Waals surface area contributed by atoms with E-state index in [4.69, 9.17) is 4.74 Å². The van der Waals surface area contributed by atoms with Gasteiger partial charge in [-0.2, -0.15) is 0 Å². The summed E-state index contributed by atoms with van der Waals surface area (Å²) in [6, 6.07) is 14.5. The highest BCUT2D eigenvalue weighted by atomic mass is 16.6. The van der Waals surface area contributed by atoms with Crippen molar-refractivity contribution in [1.29, 1.82) is 0 Å². The van der Waals surface area contributed by atoms with Crippen LogP contribution in [0.4, 0.5) is 16.2 Å². The van der Waals surface area contributed by atoms with E-state index in [9.17, 15) is 14.9 Å². The van der Waals surface area contributed by atoms with Gasteiger partial charge in [0, 0.05) is 23.7 Å². The summed E-state index contributed by atoms with van der Waals surface area (Å²) in [5.74, 6) is 0.311. The van der Waals surface area contributed by atoms with Crippen molar-refractivity contribution >= 4 is 28.4 Å². The fourth-order valence-corrected chi connectivity index (χ4v) is 2.10. The molecule has 0 saturated carbocycles. The van der Waals surface area contributed by atoms with Gasteiger partial charge in [0.1, 0.15) is 5.52 Å². The molecule has 7 heteroatoms. The van der Waals surface area contributed by atoms with Crippen molar-refractivity contribution in [3.63, 3.8) is 0 Å². The summed E-state index contributed by atoms with van der Waals surface area (Å²) in [5, 5.41) is 14.0. The van der Waals surface area contributed by atoms with Gasteiger partial charge < -0.3 is 4.74 Å². The monoisotopic (exact) mass is 309 g/mol. The maximum Gasteiger partial charge on any atom is 0.417 e. The van der Waals surface area contributed by atoms with Crippen LogP contribution in [0, 0.1) is 10.1 Å². The second kappa shape index (κ2) is 6.10. The Hall–Kier alpha value is -3.48. The van der Waals surface area contributed by atoms with Crippen molar-refractivity contribution in [2.75, 3.05) is 5.32 Å². The van der Waals surface area contributed by atoms with E-state index in [1.807, 2.05) is 12.1 Å². The molecule has 1 amide bonds. The van der Waals surface area contributed by atoms with E-state index in [-0.39, 0.29) is 11.4 Å². The van der Waals surface area contributed by atoms with Crippen LogP contribution in [0.25, 0.3) is 10.9 Å². The fraction of sp³-hybridized carbons (Fsp3) is 0. The van der Waals surface area contributed by atoms with Gasteiger partial charge in [0.05, 0.1) is 10.6 Å². The highest BCUT2D eigenvalue weighted by Crippen LogP contribution is 2.24. The quantitative estimate of drug-likeness (QED) is 0.587. The van der Waals surface area contributed by atoms with Crippen LogP contribution < -0.4 is 10.1 Å². The number of ether oxygens (including phenoxy) is 1. The predicted octanol–water partition coefficient (Wildman–Crippen LogP) is 3.75. The molecule has 0 saturated heterocycles. The van der Waals surface area contributed by atoms with Crippen LogP contribution in [-0.4, -0.2) is 16.0 Å². The van der Waals surface area contributed by atoms with Gasteiger partial charge in [0.25, 0.3) is 5.69 Å². The Morgan fingerprint density at radius 1 is 1.13 bits per heavy atom. The highest BCUT2D eigenvalue weighted by molar-refractivity contribution is 5.91. The molecular weight excluding hydrogens is 298 g/mol. The van der Waals surface area contributed by atoms with Gasteiger partial charge in [0.2, 0.25) is 0 Å². The number of nitro benzene ring substituents is 1. The first-order valence-electron chi connectivity index (χ1n) is 6.70. The minimum atomic E-state index is -0.747. The maximum absolute atomic E-state index is 12.0. The molecule has 3 aromatic rings. The zero-order valence-electron chi connectivity index (χ0n) is 11.8. The summed E-state index contributed by atoms with van der Waals surface area (Å²) in [6.07, 6.45) is 0.858. The number of carbonyl (C=O) groups is 1. The first-order chi connectivity index (χ1) is 11.1. The van der Waals surface area contributed by atoms with Crippen LogP contribution in [0.2, 0.25) is 0 Å². The molecule has 0 aliphatic heterocycles. The SMILES string of the molecule is O=C(Nc1cccc([N+](=O)[O-])c1)Oc1cccc2cccnc12. The number of anilines is 1. The third kappa shape index (κ3) is 3.24. The predicted molar refractivity (Wildman–Crippen MR) is 84.5 cm³/mol. The van der Waals surface area contributed by atoms with E-state index >= 15 is 0 Å².